The summed E-state index contributed by atoms with van der Waals surface area (Å²) < 4.78 is 15.0. The van der Waals surface area contributed by atoms with Crippen molar-refractivity contribution in [1.82, 2.24) is 19.2 Å². The number of ketones is 1. The van der Waals surface area contributed by atoms with Crippen LogP contribution in [-0.2, 0) is 7.05 Å². The fourth-order valence-electron chi connectivity index (χ4n) is 3.96. The highest BCUT2D eigenvalue weighted by Gasteiger charge is 2.28. The Kier molecular flexibility index (Phi) is 4.73. The highest BCUT2D eigenvalue weighted by atomic mass is 16.5. The van der Waals surface area contributed by atoms with Crippen LogP contribution >= 0.6 is 0 Å². The molecule has 0 saturated heterocycles. The molecule has 0 amide bonds. The minimum atomic E-state index is 0.0713. The van der Waals surface area contributed by atoms with Gasteiger partial charge in [-0.25, -0.2) is 4.98 Å². The first-order chi connectivity index (χ1) is 15.1. The Morgan fingerprint density at radius 2 is 1.81 bits per heavy atom. The number of pyridine rings is 1. The summed E-state index contributed by atoms with van der Waals surface area (Å²) in [6.07, 6.45) is 10.4. The van der Waals surface area contributed by atoms with Gasteiger partial charge >= 0.3 is 0 Å². The normalized spacial score (nSPS) is 13.5. The molecule has 1 aromatic carbocycles. The van der Waals surface area contributed by atoms with Crippen molar-refractivity contribution in [2.45, 2.75) is 19.3 Å². The van der Waals surface area contributed by atoms with Crippen LogP contribution in [0.4, 0.5) is 0 Å². The summed E-state index contributed by atoms with van der Waals surface area (Å²) in [6.45, 7) is 0. The molecule has 1 aliphatic rings. The number of aryl methyl sites for hydroxylation is 1. The van der Waals surface area contributed by atoms with Crippen molar-refractivity contribution >= 4 is 11.4 Å². The van der Waals surface area contributed by atoms with Gasteiger partial charge in [0.25, 0.3) is 0 Å². The molecule has 31 heavy (non-hydrogen) atoms. The fraction of sp³-hybridized carbons (Fsp3) is 0.292. The standard InChI is InChI=1S/C24H24N4O3/c1-27-14-18(12-26-27)16-6-7-28-19(13-25-23(28)11-16)17-9-21(30-2)24(22(10-17)31-3)20(29)8-15-4-5-15/h6-7,9-15H,4-5,8H2,1-3H3. The third-order valence-corrected chi connectivity index (χ3v) is 5.80. The predicted molar refractivity (Wildman–Crippen MR) is 118 cm³/mol. The third kappa shape index (κ3) is 3.56. The molecule has 0 N–H and O–H groups in total. The number of methoxy groups -OCH3 is 2. The van der Waals surface area contributed by atoms with Gasteiger partial charge in [-0.1, -0.05) is 0 Å². The molecule has 3 heterocycles. The molecule has 158 valence electrons. The van der Waals surface area contributed by atoms with Gasteiger partial charge in [0.15, 0.2) is 5.78 Å². The smallest absolute Gasteiger partial charge is 0.170 e. The van der Waals surface area contributed by atoms with Crippen molar-refractivity contribution in [3.8, 4) is 33.9 Å². The van der Waals surface area contributed by atoms with Gasteiger partial charge in [0.1, 0.15) is 22.7 Å². The van der Waals surface area contributed by atoms with Crippen LogP contribution < -0.4 is 9.47 Å². The zero-order valence-corrected chi connectivity index (χ0v) is 17.8. The molecule has 7 heteroatoms. The van der Waals surface area contributed by atoms with E-state index in [1.807, 2.05) is 60.5 Å². The quantitative estimate of drug-likeness (QED) is 0.418. The Bertz CT molecular complexity index is 1260. The number of rotatable bonds is 7. The monoisotopic (exact) mass is 416 g/mol. The van der Waals surface area contributed by atoms with Gasteiger partial charge in [0.05, 0.1) is 32.3 Å². The topological polar surface area (TPSA) is 70.7 Å². The first-order valence-corrected chi connectivity index (χ1v) is 10.3. The van der Waals surface area contributed by atoms with Crippen molar-refractivity contribution < 1.29 is 14.3 Å². The average Bonchev–Trinajstić information content (AvgIpc) is 3.32. The van der Waals surface area contributed by atoms with E-state index >= 15 is 0 Å². The lowest BCUT2D eigenvalue weighted by Gasteiger charge is -2.15. The Labute approximate surface area is 180 Å². The first-order valence-electron chi connectivity index (χ1n) is 10.3. The van der Waals surface area contributed by atoms with Crippen LogP contribution in [0.1, 0.15) is 29.6 Å². The van der Waals surface area contributed by atoms with Crippen molar-refractivity contribution in [2.24, 2.45) is 13.0 Å². The van der Waals surface area contributed by atoms with E-state index in [-0.39, 0.29) is 5.78 Å². The first kappa shape index (κ1) is 19.4. The minimum absolute atomic E-state index is 0.0713. The summed E-state index contributed by atoms with van der Waals surface area (Å²) in [5, 5.41) is 4.24. The van der Waals surface area contributed by atoms with E-state index in [9.17, 15) is 4.79 Å². The number of Topliss-reactive ketones (excluding diaryl/α,β-unsaturated/α-hetero) is 1. The molecule has 1 aliphatic carbocycles. The lowest BCUT2D eigenvalue weighted by molar-refractivity contribution is 0.0970. The molecule has 1 fully saturated rings. The number of carbonyl (C=O) groups is 1. The van der Waals surface area contributed by atoms with Crippen LogP contribution in [-0.4, -0.2) is 39.2 Å². The lowest BCUT2D eigenvalue weighted by Crippen LogP contribution is -2.06. The average molecular weight is 416 g/mol. The number of benzene rings is 1. The molecule has 0 aliphatic heterocycles. The SMILES string of the molecule is COc1cc(-c2cnc3cc(-c4cnn(C)c4)ccn23)cc(OC)c1C(=O)CC1CC1. The second-order valence-corrected chi connectivity index (χ2v) is 8.02. The van der Waals surface area contributed by atoms with E-state index in [4.69, 9.17) is 9.47 Å². The van der Waals surface area contributed by atoms with Crippen molar-refractivity contribution in [1.29, 1.82) is 0 Å². The van der Waals surface area contributed by atoms with Gasteiger partial charge < -0.3 is 9.47 Å². The van der Waals surface area contributed by atoms with Gasteiger partial charge in [0, 0.05) is 37.0 Å². The molecule has 1 saturated carbocycles. The van der Waals surface area contributed by atoms with Gasteiger partial charge in [-0.05, 0) is 48.6 Å². The number of nitrogens with zero attached hydrogens (tertiary/aromatic N) is 4. The largest absolute Gasteiger partial charge is 0.496 e. The molecule has 0 spiro atoms. The molecule has 5 rings (SSSR count). The predicted octanol–water partition coefficient (Wildman–Crippen LogP) is 4.40. The van der Waals surface area contributed by atoms with Crippen LogP contribution in [0.5, 0.6) is 11.5 Å². The van der Waals surface area contributed by atoms with Gasteiger partial charge in [-0.2, -0.15) is 5.10 Å². The number of ether oxygens (including phenoxy) is 2. The zero-order chi connectivity index (χ0) is 21.5. The molecule has 0 atom stereocenters. The molecular formula is C24H24N4O3. The Balaban J connectivity index is 1.56. The van der Waals surface area contributed by atoms with E-state index in [0.717, 1.165) is 40.9 Å². The maximum Gasteiger partial charge on any atom is 0.170 e. The van der Waals surface area contributed by atoms with E-state index in [0.29, 0.717) is 29.4 Å². The van der Waals surface area contributed by atoms with Crippen LogP contribution in [0, 0.1) is 5.92 Å². The zero-order valence-electron chi connectivity index (χ0n) is 17.8. The number of hydrogen-bond acceptors (Lipinski definition) is 5. The van der Waals surface area contributed by atoms with E-state index in [2.05, 4.69) is 10.1 Å². The molecule has 3 aromatic heterocycles. The van der Waals surface area contributed by atoms with Crippen LogP contribution in [0.15, 0.2) is 49.1 Å². The summed E-state index contributed by atoms with van der Waals surface area (Å²) in [4.78, 5) is 17.4. The molecular weight excluding hydrogens is 392 g/mol. The van der Waals surface area contributed by atoms with Crippen molar-refractivity contribution in [2.75, 3.05) is 14.2 Å². The number of carbonyl (C=O) groups excluding carboxylic acids is 1. The van der Waals surface area contributed by atoms with Crippen molar-refractivity contribution in [3.05, 3.63) is 54.6 Å². The van der Waals surface area contributed by atoms with E-state index < -0.39 is 0 Å². The van der Waals surface area contributed by atoms with Gasteiger partial charge in [-0.15, -0.1) is 0 Å². The molecule has 7 nitrogen and oxygen atoms in total. The van der Waals surface area contributed by atoms with Crippen LogP contribution in [0.3, 0.4) is 0 Å². The maximum atomic E-state index is 12.9. The van der Waals surface area contributed by atoms with E-state index in [1.54, 1.807) is 18.9 Å². The number of imidazole rings is 1. The van der Waals surface area contributed by atoms with Gasteiger partial charge in [0.2, 0.25) is 0 Å². The molecule has 4 aromatic rings. The van der Waals surface area contributed by atoms with Crippen LogP contribution in [0.2, 0.25) is 0 Å². The fourth-order valence-corrected chi connectivity index (χ4v) is 3.96. The maximum absolute atomic E-state index is 12.9. The summed E-state index contributed by atoms with van der Waals surface area (Å²) in [5.74, 6) is 1.63. The van der Waals surface area contributed by atoms with E-state index in [1.165, 1.54) is 0 Å². The molecule has 0 unspecified atom stereocenters. The minimum Gasteiger partial charge on any atom is -0.496 e. The number of hydrogen-bond donors (Lipinski definition) is 0. The highest BCUT2D eigenvalue weighted by Crippen LogP contribution is 2.40. The Hall–Kier alpha value is -3.61. The second-order valence-electron chi connectivity index (χ2n) is 8.02. The number of fused-ring (bicyclic) bond motifs is 1. The third-order valence-electron chi connectivity index (χ3n) is 5.80. The van der Waals surface area contributed by atoms with Crippen molar-refractivity contribution in [3.63, 3.8) is 0 Å². The summed E-state index contributed by atoms with van der Waals surface area (Å²) in [5.41, 5.74) is 5.20. The Morgan fingerprint density at radius 1 is 1.06 bits per heavy atom. The Morgan fingerprint density at radius 3 is 2.42 bits per heavy atom. The lowest BCUT2D eigenvalue weighted by atomic mass is 10.00. The summed E-state index contributed by atoms with van der Waals surface area (Å²) in [6, 6.07) is 7.85. The van der Waals surface area contributed by atoms with Gasteiger partial charge in [-0.3, -0.25) is 13.9 Å². The molecule has 0 bridgehead atoms. The summed E-state index contributed by atoms with van der Waals surface area (Å²) >= 11 is 0. The second kappa shape index (κ2) is 7.58. The number of aromatic nitrogens is 4. The molecule has 0 radical (unpaired) electrons. The highest BCUT2D eigenvalue weighted by molar-refractivity contribution is 6.02. The summed E-state index contributed by atoms with van der Waals surface area (Å²) in [7, 11) is 5.07. The van der Waals surface area contributed by atoms with Crippen LogP contribution in [0.25, 0.3) is 28.0 Å².